The molecule has 7 heteroatoms. The highest BCUT2D eigenvalue weighted by Gasteiger charge is 2.12. The van der Waals surface area contributed by atoms with Crippen molar-refractivity contribution in [3.05, 3.63) is 60.0 Å². The van der Waals surface area contributed by atoms with E-state index in [0.29, 0.717) is 29.6 Å². The van der Waals surface area contributed by atoms with E-state index in [9.17, 15) is 9.59 Å². The molecular weight excluding hydrogens is 344 g/mol. The molecule has 0 aliphatic heterocycles. The van der Waals surface area contributed by atoms with Gasteiger partial charge in [-0.1, -0.05) is 18.2 Å². The van der Waals surface area contributed by atoms with Crippen molar-refractivity contribution in [3.63, 3.8) is 0 Å². The fraction of sp³-hybridized carbons (Fsp3) is 0.200. The van der Waals surface area contributed by atoms with E-state index in [-0.39, 0.29) is 18.2 Å². The Labute approximate surface area is 156 Å². The smallest absolute Gasteiger partial charge is 0.247 e. The van der Waals surface area contributed by atoms with Crippen LogP contribution in [0.1, 0.15) is 24.8 Å². The van der Waals surface area contributed by atoms with Gasteiger partial charge in [0.25, 0.3) is 0 Å². The van der Waals surface area contributed by atoms with Crippen molar-refractivity contribution in [2.75, 3.05) is 10.6 Å². The van der Waals surface area contributed by atoms with Gasteiger partial charge in [0.05, 0.1) is 0 Å². The molecule has 3 aromatic rings. The highest BCUT2D eigenvalue weighted by molar-refractivity contribution is 5.92. The molecule has 7 nitrogen and oxygen atoms in total. The SMILES string of the molecule is CC(=O)Nc1ccc(NC(=O)CCc2nnc(-c3ccccc3C)o2)cc1. The number of benzene rings is 2. The number of hydrogen-bond donors (Lipinski definition) is 2. The van der Waals surface area contributed by atoms with E-state index >= 15 is 0 Å². The first-order valence-corrected chi connectivity index (χ1v) is 8.57. The number of nitrogens with zero attached hydrogens (tertiary/aromatic N) is 2. The molecule has 2 N–H and O–H groups in total. The molecule has 1 heterocycles. The Balaban J connectivity index is 1.54. The molecule has 0 radical (unpaired) electrons. The largest absolute Gasteiger partial charge is 0.421 e. The van der Waals surface area contributed by atoms with E-state index in [4.69, 9.17) is 4.42 Å². The Morgan fingerprint density at radius 2 is 1.63 bits per heavy atom. The first-order valence-electron chi connectivity index (χ1n) is 8.57. The first-order chi connectivity index (χ1) is 13.0. The van der Waals surface area contributed by atoms with Crippen LogP contribution in [0.2, 0.25) is 0 Å². The molecular formula is C20H20N4O3. The maximum absolute atomic E-state index is 12.1. The van der Waals surface area contributed by atoms with Crippen LogP contribution in [0.25, 0.3) is 11.5 Å². The lowest BCUT2D eigenvalue weighted by molar-refractivity contribution is -0.116. The third-order valence-corrected chi connectivity index (χ3v) is 3.90. The molecule has 0 spiro atoms. The summed E-state index contributed by atoms with van der Waals surface area (Å²) in [5.74, 6) is 0.579. The lowest BCUT2D eigenvalue weighted by atomic mass is 10.1. The fourth-order valence-corrected chi connectivity index (χ4v) is 2.56. The van der Waals surface area contributed by atoms with Gasteiger partial charge in [-0.05, 0) is 42.8 Å². The van der Waals surface area contributed by atoms with Crippen molar-refractivity contribution in [1.82, 2.24) is 10.2 Å². The Bertz CT molecular complexity index is 948. The van der Waals surface area contributed by atoms with Gasteiger partial charge in [0.1, 0.15) is 0 Å². The summed E-state index contributed by atoms with van der Waals surface area (Å²) in [6, 6.07) is 14.7. The predicted molar refractivity (Wildman–Crippen MR) is 102 cm³/mol. The molecule has 0 saturated heterocycles. The van der Waals surface area contributed by atoms with Crippen LogP contribution in [0.3, 0.4) is 0 Å². The Kier molecular flexibility index (Phi) is 5.61. The van der Waals surface area contributed by atoms with E-state index in [1.807, 2.05) is 31.2 Å². The monoisotopic (exact) mass is 364 g/mol. The predicted octanol–water partition coefficient (Wildman–Crippen LogP) is 3.57. The van der Waals surface area contributed by atoms with Gasteiger partial charge in [0, 0.05) is 36.7 Å². The molecule has 0 aliphatic rings. The van der Waals surface area contributed by atoms with Gasteiger partial charge in [-0.3, -0.25) is 9.59 Å². The maximum atomic E-state index is 12.1. The molecule has 0 fully saturated rings. The van der Waals surface area contributed by atoms with Crippen molar-refractivity contribution < 1.29 is 14.0 Å². The van der Waals surface area contributed by atoms with Crippen LogP contribution in [0, 0.1) is 6.92 Å². The van der Waals surface area contributed by atoms with Crippen molar-refractivity contribution in [1.29, 1.82) is 0 Å². The molecule has 0 bridgehead atoms. The lowest BCUT2D eigenvalue weighted by Gasteiger charge is -2.06. The summed E-state index contributed by atoms with van der Waals surface area (Å²) < 4.78 is 5.66. The zero-order chi connectivity index (χ0) is 19.2. The lowest BCUT2D eigenvalue weighted by Crippen LogP contribution is -2.12. The number of anilines is 2. The van der Waals surface area contributed by atoms with Crippen LogP contribution in [-0.4, -0.2) is 22.0 Å². The number of nitrogens with one attached hydrogen (secondary N) is 2. The van der Waals surface area contributed by atoms with Crippen LogP contribution in [0.4, 0.5) is 11.4 Å². The summed E-state index contributed by atoms with van der Waals surface area (Å²) in [7, 11) is 0. The average molecular weight is 364 g/mol. The molecule has 2 aromatic carbocycles. The molecule has 1 aromatic heterocycles. The van der Waals surface area contributed by atoms with Crippen molar-refractivity contribution in [2.24, 2.45) is 0 Å². The number of aromatic nitrogens is 2. The van der Waals surface area contributed by atoms with Gasteiger partial charge in [-0.25, -0.2) is 0 Å². The van der Waals surface area contributed by atoms with Crippen molar-refractivity contribution in [3.8, 4) is 11.5 Å². The molecule has 138 valence electrons. The number of hydrogen-bond acceptors (Lipinski definition) is 5. The summed E-state index contributed by atoms with van der Waals surface area (Å²) in [5, 5.41) is 13.5. The van der Waals surface area contributed by atoms with Gasteiger partial charge in [-0.15, -0.1) is 10.2 Å². The van der Waals surface area contributed by atoms with Gasteiger partial charge < -0.3 is 15.1 Å². The minimum atomic E-state index is -0.155. The van der Waals surface area contributed by atoms with Gasteiger partial charge in [0.15, 0.2) is 0 Å². The highest BCUT2D eigenvalue weighted by Crippen LogP contribution is 2.22. The van der Waals surface area contributed by atoms with Crippen LogP contribution >= 0.6 is 0 Å². The Hall–Kier alpha value is -3.48. The van der Waals surface area contributed by atoms with Crippen LogP contribution < -0.4 is 10.6 Å². The second-order valence-electron chi connectivity index (χ2n) is 6.12. The van der Waals surface area contributed by atoms with Crippen LogP contribution in [0.15, 0.2) is 52.9 Å². The maximum Gasteiger partial charge on any atom is 0.247 e. The van der Waals surface area contributed by atoms with Crippen LogP contribution in [0.5, 0.6) is 0 Å². The molecule has 0 unspecified atom stereocenters. The van der Waals surface area contributed by atoms with Crippen LogP contribution in [-0.2, 0) is 16.0 Å². The fourth-order valence-electron chi connectivity index (χ4n) is 2.56. The van der Waals surface area contributed by atoms with Gasteiger partial charge >= 0.3 is 0 Å². The minimum Gasteiger partial charge on any atom is -0.421 e. The van der Waals surface area contributed by atoms with Crippen molar-refractivity contribution >= 4 is 23.2 Å². The topological polar surface area (TPSA) is 97.1 Å². The van der Waals surface area contributed by atoms with Gasteiger partial charge in [-0.2, -0.15) is 0 Å². The second kappa shape index (κ2) is 8.27. The summed E-state index contributed by atoms with van der Waals surface area (Å²) in [6.45, 7) is 3.42. The summed E-state index contributed by atoms with van der Waals surface area (Å²) >= 11 is 0. The van der Waals surface area contributed by atoms with E-state index in [1.54, 1.807) is 24.3 Å². The van der Waals surface area contributed by atoms with E-state index < -0.39 is 0 Å². The number of carbonyl (C=O) groups excluding carboxylic acids is 2. The summed E-state index contributed by atoms with van der Waals surface area (Å²) in [5.41, 5.74) is 3.27. The highest BCUT2D eigenvalue weighted by atomic mass is 16.4. The second-order valence-corrected chi connectivity index (χ2v) is 6.12. The Morgan fingerprint density at radius 1 is 0.963 bits per heavy atom. The third-order valence-electron chi connectivity index (χ3n) is 3.90. The average Bonchev–Trinajstić information content (AvgIpc) is 3.10. The molecule has 3 rings (SSSR count). The molecule has 27 heavy (non-hydrogen) atoms. The molecule has 0 aliphatic carbocycles. The summed E-state index contributed by atoms with van der Waals surface area (Å²) in [4.78, 5) is 23.1. The molecule has 2 amide bonds. The molecule has 0 saturated carbocycles. The van der Waals surface area contributed by atoms with E-state index in [0.717, 1.165) is 11.1 Å². The first kappa shape index (κ1) is 18.3. The normalized spacial score (nSPS) is 10.4. The molecule has 0 atom stereocenters. The number of amides is 2. The standard InChI is InChI=1S/C20H20N4O3/c1-13-5-3-4-6-17(13)20-24-23-19(27-20)12-11-18(26)22-16-9-7-15(8-10-16)21-14(2)25/h3-10H,11-12H2,1-2H3,(H,21,25)(H,22,26). The number of aryl methyl sites for hydroxylation is 2. The Morgan fingerprint density at radius 3 is 2.30 bits per heavy atom. The zero-order valence-corrected chi connectivity index (χ0v) is 15.2. The summed E-state index contributed by atoms with van der Waals surface area (Å²) in [6.07, 6.45) is 0.581. The zero-order valence-electron chi connectivity index (χ0n) is 15.2. The minimum absolute atomic E-state index is 0.142. The number of carbonyl (C=O) groups is 2. The quantitative estimate of drug-likeness (QED) is 0.697. The van der Waals surface area contributed by atoms with Crippen molar-refractivity contribution in [2.45, 2.75) is 26.7 Å². The number of rotatable bonds is 6. The van der Waals surface area contributed by atoms with E-state index in [2.05, 4.69) is 20.8 Å². The third kappa shape index (κ3) is 5.01. The van der Waals surface area contributed by atoms with E-state index in [1.165, 1.54) is 6.92 Å². The van der Waals surface area contributed by atoms with Gasteiger partial charge in [0.2, 0.25) is 23.6 Å².